The van der Waals surface area contributed by atoms with Crippen molar-refractivity contribution in [2.24, 2.45) is 0 Å². The van der Waals surface area contributed by atoms with Crippen LogP contribution < -0.4 is 5.32 Å². The molecular weight excluding hydrogens is 547 g/mol. The molecule has 122 valence electrons. The van der Waals surface area contributed by atoms with Crippen LogP contribution in [0, 0.1) is 7.14 Å². The number of carbonyl (C=O) groups excluding carboxylic acids is 1. The first-order valence-electron chi connectivity index (χ1n) is 6.15. The number of carbonyl (C=O) groups is 2. The summed E-state index contributed by atoms with van der Waals surface area (Å²) in [5.74, 6) is -1.19. The van der Waals surface area contributed by atoms with Gasteiger partial charge in [0.1, 0.15) is 5.75 Å². The molecule has 0 aromatic heterocycles. The van der Waals surface area contributed by atoms with Crippen molar-refractivity contribution in [2.45, 2.75) is 6.92 Å². The predicted octanol–water partition coefficient (Wildman–Crippen LogP) is 4.60. The minimum Gasteiger partial charge on any atom is -0.506 e. The Bertz CT molecular complexity index is 716. The number of anilines is 1. The summed E-state index contributed by atoms with van der Waals surface area (Å²) in [6.45, 7) is 1.08. The number of hydrogen-bond acceptors (Lipinski definition) is 3. The lowest BCUT2D eigenvalue weighted by molar-refractivity contribution is -0.134. The van der Waals surface area contributed by atoms with E-state index in [9.17, 15) is 9.90 Å². The van der Waals surface area contributed by atoms with E-state index in [1.54, 1.807) is 36.4 Å². The average Bonchev–Trinajstić information content (AvgIpc) is 2.44. The number of nitrogens with one attached hydrogen (secondary N) is 1. The minimum atomic E-state index is -0.833. The van der Waals surface area contributed by atoms with Crippen LogP contribution >= 0.6 is 56.8 Å². The van der Waals surface area contributed by atoms with E-state index >= 15 is 0 Å². The molecule has 2 aromatic carbocycles. The van der Waals surface area contributed by atoms with E-state index in [4.69, 9.17) is 21.5 Å². The van der Waals surface area contributed by atoms with Crippen molar-refractivity contribution in [3.63, 3.8) is 0 Å². The molecule has 23 heavy (non-hydrogen) atoms. The highest BCUT2D eigenvalue weighted by atomic mass is 127. The third kappa shape index (κ3) is 6.92. The van der Waals surface area contributed by atoms with Gasteiger partial charge in [0.05, 0.1) is 9.13 Å². The Kier molecular flexibility index (Phi) is 8.06. The highest BCUT2D eigenvalue weighted by Crippen LogP contribution is 2.27. The Morgan fingerprint density at radius 2 is 1.65 bits per heavy atom. The smallest absolute Gasteiger partial charge is 0.300 e. The summed E-state index contributed by atoms with van der Waals surface area (Å²) in [7, 11) is 0. The van der Waals surface area contributed by atoms with Gasteiger partial charge < -0.3 is 15.5 Å². The number of aliphatic carboxylic acids is 1. The Labute approximate surface area is 165 Å². The molecule has 0 radical (unpaired) electrons. The summed E-state index contributed by atoms with van der Waals surface area (Å²) in [5, 5.41) is 20.7. The average molecular weight is 560 g/mol. The maximum atomic E-state index is 12.1. The molecule has 2 rings (SSSR count). The molecule has 5 nitrogen and oxygen atoms in total. The molecule has 3 N–H and O–H groups in total. The Hall–Kier alpha value is -1.07. The number of carboxylic acid groups (broad SMARTS) is 1. The zero-order chi connectivity index (χ0) is 17.6. The lowest BCUT2D eigenvalue weighted by Gasteiger charge is -2.09. The maximum absolute atomic E-state index is 12.1. The number of halogens is 3. The molecule has 1 amide bonds. The van der Waals surface area contributed by atoms with Crippen LogP contribution in [0.4, 0.5) is 5.69 Å². The lowest BCUT2D eigenvalue weighted by Crippen LogP contribution is -2.12. The fourth-order valence-corrected chi connectivity index (χ4v) is 3.44. The second-order valence-electron chi connectivity index (χ2n) is 4.26. The summed E-state index contributed by atoms with van der Waals surface area (Å²) in [5.41, 5.74) is 0.883. The minimum absolute atomic E-state index is 0.00696. The van der Waals surface area contributed by atoms with E-state index in [0.29, 0.717) is 14.3 Å². The summed E-state index contributed by atoms with van der Waals surface area (Å²) in [6, 6.07) is 10.2. The zero-order valence-corrected chi connectivity index (χ0v) is 16.9. The van der Waals surface area contributed by atoms with E-state index in [0.717, 1.165) is 10.5 Å². The van der Waals surface area contributed by atoms with Crippen LogP contribution in [0.1, 0.15) is 17.3 Å². The maximum Gasteiger partial charge on any atom is 0.300 e. The van der Waals surface area contributed by atoms with Crippen LogP contribution in [0.5, 0.6) is 5.75 Å². The fraction of sp³-hybridized carbons (Fsp3) is 0.0667. The number of carboxylic acids is 1. The van der Waals surface area contributed by atoms with Gasteiger partial charge in [-0.25, -0.2) is 0 Å². The van der Waals surface area contributed by atoms with Gasteiger partial charge in [-0.1, -0.05) is 11.6 Å². The summed E-state index contributed by atoms with van der Waals surface area (Å²) < 4.78 is 1.53. The number of benzene rings is 2. The van der Waals surface area contributed by atoms with Gasteiger partial charge in [0.15, 0.2) is 0 Å². The first-order chi connectivity index (χ1) is 10.7. The van der Waals surface area contributed by atoms with E-state index in [1.807, 2.05) is 22.6 Å². The molecule has 0 spiro atoms. The van der Waals surface area contributed by atoms with Gasteiger partial charge in [-0.15, -0.1) is 0 Å². The Balaban J connectivity index is 0.000000593. The van der Waals surface area contributed by atoms with Crippen molar-refractivity contribution in [1.82, 2.24) is 0 Å². The number of hydrogen-bond donors (Lipinski definition) is 3. The van der Waals surface area contributed by atoms with Crippen molar-refractivity contribution in [3.8, 4) is 5.75 Å². The van der Waals surface area contributed by atoms with Crippen LogP contribution in [0.3, 0.4) is 0 Å². The van der Waals surface area contributed by atoms with Gasteiger partial charge in [-0.05, 0) is 81.6 Å². The second kappa shape index (κ2) is 9.28. The van der Waals surface area contributed by atoms with E-state index in [1.165, 1.54) is 0 Å². The van der Waals surface area contributed by atoms with Crippen molar-refractivity contribution in [2.75, 3.05) is 5.32 Å². The van der Waals surface area contributed by atoms with Crippen LogP contribution in [0.15, 0.2) is 36.4 Å². The SMILES string of the molecule is CC(=O)O.O=C(Nc1ccc(Cl)cc1)c1cc(I)cc(I)c1O. The normalized spacial score (nSPS) is 9.57. The van der Waals surface area contributed by atoms with Crippen LogP contribution in [-0.4, -0.2) is 22.1 Å². The molecule has 0 aliphatic rings. The van der Waals surface area contributed by atoms with Gasteiger partial charge in [0.2, 0.25) is 0 Å². The van der Waals surface area contributed by atoms with Crippen molar-refractivity contribution < 1.29 is 19.8 Å². The third-order valence-electron chi connectivity index (χ3n) is 2.37. The summed E-state index contributed by atoms with van der Waals surface area (Å²) in [4.78, 5) is 21.1. The Morgan fingerprint density at radius 1 is 1.13 bits per heavy atom. The van der Waals surface area contributed by atoms with Crippen LogP contribution in [-0.2, 0) is 4.79 Å². The molecule has 0 atom stereocenters. The predicted molar refractivity (Wildman–Crippen MR) is 106 cm³/mol. The molecule has 0 saturated carbocycles. The largest absolute Gasteiger partial charge is 0.506 e. The quantitative estimate of drug-likeness (QED) is 0.470. The highest BCUT2D eigenvalue weighted by molar-refractivity contribution is 14.1. The van der Waals surface area contributed by atoms with Crippen molar-refractivity contribution in [1.29, 1.82) is 0 Å². The van der Waals surface area contributed by atoms with Gasteiger partial charge in [0, 0.05) is 21.2 Å². The van der Waals surface area contributed by atoms with Crippen molar-refractivity contribution >= 4 is 74.3 Å². The molecule has 8 heteroatoms. The number of phenolic OH excluding ortho intramolecular Hbond substituents is 1. The van der Waals surface area contributed by atoms with E-state index in [-0.39, 0.29) is 17.2 Å². The number of amides is 1. The van der Waals surface area contributed by atoms with Gasteiger partial charge in [-0.3, -0.25) is 9.59 Å². The number of rotatable bonds is 2. The second-order valence-corrected chi connectivity index (χ2v) is 7.11. The van der Waals surface area contributed by atoms with Gasteiger partial charge >= 0.3 is 0 Å². The number of phenols is 1. The van der Waals surface area contributed by atoms with Gasteiger partial charge in [0.25, 0.3) is 11.9 Å². The molecular formula is C15H12ClI2NO4. The molecule has 0 saturated heterocycles. The summed E-state index contributed by atoms with van der Waals surface area (Å²) >= 11 is 9.87. The lowest BCUT2D eigenvalue weighted by atomic mass is 10.2. The molecule has 0 aliphatic heterocycles. The van der Waals surface area contributed by atoms with Crippen LogP contribution in [0.25, 0.3) is 0 Å². The first kappa shape index (κ1) is 20.0. The molecule has 0 bridgehead atoms. The van der Waals surface area contributed by atoms with E-state index in [2.05, 4.69) is 27.9 Å². The fourth-order valence-electron chi connectivity index (χ4n) is 1.47. The topological polar surface area (TPSA) is 86.6 Å². The van der Waals surface area contributed by atoms with Crippen LogP contribution in [0.2, 0.25) is 5.02 Å². The molecule has 0 heterocycles. The van der Waals surface area contributed by atoms with E-state index < -0.39 is 5.97 Å². The zero-order valence-electron chi connectivity index (χ0n) is 11.8. The first-order valence-corrected chi connectivity index (χ1v) is 8.68. The molecule has 0 unspecified atom stereocenters. The van der Waals surface area contributed by atoms with Crippen molar-refractivity contribution in [3.05, 3.63) is 54.1 Å². The molecule has 0 fully saturated rings. The van der Waals surface area contributed by atoms with Gasteiger partial charge in [-0.2, -0.15) is 0 Å². The highest BCUT2D eigenvalue weighted by Gasteiger charge is 2.15. The number of aromatic hydroxyl groups is 1. The monoisotopic (exact) mass is 559 g/mol. The standard InChI is InChI=1S/C13H8ClI2NO2.C2H4O2/c14-7-1-3-9(4-2-7)17-13(19)10-5-8(15)6-11(16)12(10)18;1-2(3)4/h1-6,18H,(H,17,19);1H3,(H,3,4). The third-order valence-corrected chi connectivity index (χ3v) is 4.07. The Morgan fingerprint density at radius 3 is 2.17 bits per heavy atom. The molecule has 2 aromatic rings. The molecule has 0 aliphatic carbocycles. The summed E-state index contributed by atoms with van der Waals surface area (Å²) in [6.07, 6.45) is 0.